The zero-order chi connectivity index (χ0) is 11.8. The summed E-state index contributed by atoms with van der Waals surface area (Å²) in [4.78, 5) is 0. The molecule has 0 fully saturated rings. The van der Waals surface area contributed by atoms with E-state index in [2.05, 4.69) is 18.7 Å². The van der Waals surface area contributed by atoms with E-state index in [-0.39, 0.29) is 0 Å². The highest BCUT2D eigenvalue weighted by molar-refractivity contribution is 6.61. The molecule has 0 saturated carbocycles. The summed E-state index contributed by atoms with van der Waals surface area (Å²) in [6.45, 7) is 9.22. The molecule has 0 atom stereocenters. The van der Waals surface area contributed by atoms with Crippen LogP contribution in [0.25, 0.3) is 0 Å². The minimum Gasteiger partial charge on any atom is -0.394 e. The predicted molar refractivity (Wildman–Crippen MR) is 70.4 cm³/mol. The number of rotatable bonds is 7. The van der Waals surface area contributed by atoms with Crippen LogP contribution in [0, 0.1) is 0 Å². The summed E-state index contributed by atoms with van der Waals surface area (Å²) in [5, 5.41) is 1.24. The van der Waals surface area contributed by atoms with Gasteiger partial charge in [0.2, 0.25) is 0 Å². The largest absolute Gasteiger partial charge is 0.394 e. The summed E-state index contributed by atoms with van der Waals surface area (Å²) in [6.07, 6.45) is 2.79. The van der Waals surface area contributed by atoms with Gasteiger partial charge < -0.3 is 8.85 Å². The van der Waals surface area contributed by atoms with Gasteiger partial charge in [0.1, 0.15) is 0 Å². The molecule has 0 aliphatic heterocycles. The van der Waals surface area contributed by atoms with Crippen LogP contribution < -0.4 is 5.19 Å². The molecule has 2 nitrogen and oxygen atoms in total. The zero-order valence-corrected chi connectivity index (χ0v) is 11.3. The van der Waals surface area contributed by atoms with Crippen LogP contribution in [0.5, 0.6) is 0 Å². The Bertz CT molecular complexity index is 319. The fraction of sp³-hybridized carbons (Fsp3) is 0.385. The molecule has 1 aromatic carbocycles. The van der Waals surface area contributed by atoms with Crippen LogP contribution in [0.4, 0.5) is 0 Å². The average molecular weight is 236 g/mol. The lowest BCUT2D eigenvalue weighted by atomic mass is 10.1. The van der Waals surface area contributed by atoms with E-state index in [1.54, 1.807) is 0 Å². The van der Waals surface area contributed by atoms with Gasteiger partial charge in [-0.05, 0) is 31.0 Å². The van der Waals surface area contributed by atoms with Gasteiger partial charge in [-0.1, -0.05) is 30.3 Å². The lowest BCUT2D eigenvalue weighted by molar-refractivity contribution is 0.225. The highest BCUT2D eigenvalue weighted by Gasteiger charge is 2.18. The van der Waals surface area contributed by atoms with Gasteiger partial charge in [0.25, 0.3) is 0 Å². The Morgan fingerprint density at radius 1 is 1.19 bits per heavy atom. The van der Waals surface area contributed by atoms with Gasteiger partial charge in [-0.2, -0.15) is 0 Å². The first kappa shape index (κ1) is 13.2. The smallest absolute Gasteiger partial charge is 0.356 e. The van der Waals surface area contributed by atoms with Gasteiger partial charge in [-0.25, -0.2) is 0 Å². The molecule has 0 amide bonds. The van der Waals surface area contributed by atoms with E-state index in [0.29, 0.717) is 13.2 Å². The maximum Gasteiger partial charge on any atom is 0.356 e. The van der Waals surface area contributed by atoms with E-state index in [4.69, 9.17) is 8.85 Å². The van der Waals surface area contributed by atoms with Crippen LogP contribution in [0.15, 0.2) is 36.9 Å². The van der Waals surface area contributed by atoms with Crippen molar-refractivity contribution in [2.75, 3.05) is 13.2 Å². The van der Waals surface area contributed by atoms with Crippen LogP contribution in [0.2, 0.25) is 0 Å². The fourth-order valence-corrected chi connectivity index (χ4v) is 3.48. The van der Waals surface area contributed by atoms with Crippen molar-refractivity contribution in [2.24, 2.45) is 0 Å². The minimum absolute atomic E-state index is 0.708. The summed E-state index contributed by atoms with van der Waals surface area (Å²) >= 11 is 0. The van der Waals surface area contributed by atoms with E-state index in [1.807, 2.05) is 32.1 Å². The maximum atomic E-state index is 5.74. The van der Waals surface area contributed by atoms with Crippen molar-refractivity contribution in [2.45, 2.75) is 20.3 Å². The van der Waals surface area contributed by atoms with Crippen LogP contribution in [0.3, 0.4) is 0 Å². The summed E-state index contributed by atoms with van der Waals surface area (Å²) in [7, 11) is -1.71. The summed E-state index contributed by atoms with van der Waals surface area (Å²) in [6, 6.07) is 8.32. The van der Waals surface area contributed by atoms with Gasteiger partial charge >= 0.3 is 9.28 Å². The molecule has 0 N–H and O–H groups in total. The van der Waals surface area contributed by atoms with Crippen LogP contribution >= 0.6 is 0 Å². The maximum absolute atomic E-state index is 5.74. The second-order valence-electron chi connectivity index (χ2n) is 3.43. The van der Waals surface area contributed by atoms with Crippen molar-refractivity contribution in [3.05, 3.63) is 42.5 Å². The van der Waals surface area contributed by atoms with Crippen molar-refractivity contribution < 1.29 is 8.85 Å². The molecule has 1 aromatic rings. The van der Waals surface area contributed by atoms with Crippen LogP contribution in [-0.4, -0.2) is 22.5 Å². The molecule has 0 heterocycles. The molecule has 0 aliphatic carbocycles. The molecule has 88 valence electrons. The molecule has 0 aliphatic rings. The SMILES string of the molecule is C=CCc1ccccc1[SiH](OCC)OCC. The standard InChI is InChI=1S/C13H20O2Si/c1-4-9-12-10-7-8-11-13(12)16(14-5-2)15-6-3/h4,7-8,10-11,16H,1,5-6,9H2,2-3H3. The van der Waals surface area contributed by atoms with Crippen molar-refractivity contribution >= 4 is 14.5 Å². The van der Waals surface area contributed by atoms with Crippen molar-refractivity contribution in [1.29, 1.82) is 0 Å². The number of hydrogen-bond donors (Lipinski definition) is 0. The minimum atomic E-state index is -1.71. The highest BCUT2D eigenvalue weighted by atomic mass is 28.3. The number of hydrogen-bond acceptors (Lipinski definition) is 2. The summed E-state index contributed by atoms with van der Waals surface area (Å²) in [5.41, 5.74) is 1.27. The fourth-order valence-electron chi connectivity index (χ4n) is 1.64. The normalized spacial score (nSPS) is 10.7. The van der Waals surface area contributed by atoms with Crippen LogP contribution in [-0.2, 0) is 15.3 Å². The second-order valence-corrected chi connectivity index (χ2v) is 5.39. The van der Waals surface area contributed by atoms with Crippen LogP contribution in [0.1, 0.15) is 19.4 Å². The molecular formula is C13H20O2Si. The third kappa shape index (κ3) is 3.59. The number of allylic oxidation sites excluding steroid dienone is 1. The summed E-state index contributed by atoms with van der Waals surface area (Å²) < 4.78 is 11.5. The Hall–Kier alpha value is -0.903. The molecule has 0 aromatic heterocycles. The first-order valence-electron chi connectivity index (χ1n) is 5.75. The predicted octanol–water partition coefficient (Wildman–Crippen LogP) is 1.92. The summed E-state index contributed by atoms with van der Waals surface area (Å²) in [5.74, 6) is 0. The zero-order valence-electron chi connectivity index (χ0n) is 10.1. The van der Waals surface area contributed by atoms with Crippen molar-refractivity contribution in [3.8, 4) is 0 Å². The molecule has 0 saturated heterocycles. The molecular weight excluding hydrogens is 216 g/mol. The van der Waals surface area contributed by atoms with Gasteiger partial charge in [-0.15, -0.1) is 6.58 Å². The Morgan fingerprint density at radius 3 is 2.38 bits per heavy atom. The highest BCUT2D eigenvalue weighted by Crippen LogP contribution is 2.02. The molecule has 0 bridgehead atoms. The van der Waals surface area contributed by atoms with Gasteiger partial charge in [-0.3, -0.25) is 0 Å². The lowest BCUT2D eigenvalue weighted by Crippen LogP contribution is -2.39. The molecule has 0 unspecified atom stereocenters. The number of benzene rings is 1. The van der Waals surface area contributed by atoms with E-state index in [1.165, 1.54) is 10.8 Å². The lowest BCUT2D eigenvalue weighted by Gasteiger charge is -2.17. The molecule has 16 heavy (non-hydrogen) atoms. The van der Waals surface area contributed by atoms with E-state index >= 15 is 0 Å². The van der Waals surface area contributed by atoms with E-state index in [0.717, 1.165) is 6.42 Å². The third-order valence-corrected chi connectivity index (χ3v) is 4.65. The Labute approximate surface area is 99.7 Å². The van der Waals surface area contributed by atoms with E-state index in [9.17, 15) is 0 Å². The van der Waals surface area contributed by atoms with Gasteiger partial charge in [0.15, 0.2) is 0 Å². The average Bonchev–Trinajstić information content (AvgIpc) is 2.30. The quantitative estimate of drug-likeness (QED) is 0.532. The van der Waals surface area contributed by atoms with E-state index < -0.39 is 9.28 Å². The molecule has 1 rings (SSSR count). The first-order valence-corrected chi connectivity index (χ1v) is 7.27. The van der Waals surface area contributed by atoms with Crippen molar-refractivity contribution in [3.63, 3.8) is 0 Å². The second kappa shape index (κ2) is 7.38. The Morgan fingerprint density at radius 2 is 1.81 bits per heavy atom. The van der Waals surface area contributed by atoms with Gasteiger partial charge in [0, 0.05) is 13.2 Å². The molecule has 0 radical (unpaired) electrons. The monoisotopic (exact) mass is 236 g/mol. The molecule has 0 spiro atoms. The van der Waals surface area contributed by atoms with Crippen molar-refractivity contribution in [1.82, 2.24) is 0 Å². The Balaban J connectivity index is 2.92. The first-order chi connectivity index (χ1) is 7.83. The Kier molecular flexibility index (Phi) is 6.07. The topological polar surface area (TPSA) is 18.5 Å². The van der Waals surface area contributed by atoms with Gasteiger partial charge in [0.05, 0.1) is 0 Å². The third-order valence-electron chi connectivity index (χ3n) is 2.31. The molecule has 3 heteroatoms.